The van der Waals surface area contributed by atoms with Gasteiger partial charge in [0.25, 0.3) is 0 Å². The summed E-state index contributed by atoms with van der Waals surface area (Å²) in [6.45, 7) is -2.47. The molecule has 0 saturated carbocycles. The largest absolute Gasteiger partial charge is 0.474 e. The van der Waals surface area contributed by atoms with E-state index >= 15 is 0 Å². The molecule has 0 amide bonds. The molecule has 0 bridgehead atoms. The first-order valence-corrected chi connectivity index (χ1v) is 12.8. The zero-order chi connectivity index (χ0) is 21.5. The van der Waals surface area contributed by atoms with E-state index in [0.29, 0.717) is 0 Å². The molecule has 0 aromatic carbocycles. The minimum absolute atomic E-state index is 0.0251. The summed E-state index contributed by atoms with van der Waals surface area (Å²) < 4.78 is 54.8. The number of aliphatic hydroxyl groups excluding tert-OH is 2. The topological polar surface area (TPSA) is 130 Å². The molecular formula is C12H24Cl4O10P2. The maximum Gasteiger partial charge on any atom is 0.474 e. The number of aliphatic hydroxyl groups is 2. The fourth-order valence-corrected chi connectivity index (χ4v) is 4.33. The summed E-state index contributed by atoms with van der Waals surface area (Å²) in [5.41, 5.74) is 0. The Morgan fingerprint density at radius 1 is 0.643 bits per heavy atom. The van der Waals surface area contributed by atoms with E-state index in [1.807, 2.05) is 0 Å². The van der Waals surface area contributed by atoms with Gasteiger partial charge < -0.3 is 10.2 Å². The maximum atomic E-state index is 12.4. The van der Waals surface area contributed by atoms with E-state index in [1.165, 1.54) is 0 Å². The van der Waals surface area contributed by atoms with Crippen LogP contribution in [-0.2, 0) is 36.3 Å². The lowest BCUT2D eigenvalue weighted by molar-refractivity contribution is 0.0752. The first kappa shape index (κ1) is 29.3. The fourth-order valence-electron chi connectivity index (χ4n) is 1.26. The molecule has 0 rings (SSSR count). The molecule has 0 spiro atoms. The third kappa shape index (κ3) is 14.3. The van der Waals surface area contributed by atoms with Crippen molar-refractivity contribution in [1.29, 1.82) is 0 Å². The molecule has 0 aliphatic carbocycles. The molecule has 0 aliphatic rings. The Labute approximate surface area is 183 Å². The highest BCUT2D eigenvalue weighted by atomic mass is 35.5. The molecule has 16 heteroatoms. The van der Waals surface area contributed by atoms with Crippen molar-refractivity contribution >= 4 is 62.0 Å². The molecule has 28 heavy (non-hydrogen) atoms. The number of phosphoric acid groups is 2. The van der Waals surface area contributed by atoms with Crippen molar-refractivity contribution in [3.8, 4) is 0 Å². The second-order valence-electron chi connectivity index (χ2n) is 4.76. The Hall–Kier alpha value is 1.30. The van der Waals surface area contributed by atoms with Gasteiger partial charge in [-0.1, -0.05) is 0 Å². The van der Waals surface area contributed by atoms with Gasteiger partial charge in [-0.25, -0.2) is 9.13 Å². The predicted octanol–water partition coefficient (Wildman–Crippen LogP) is 2.98. The van der Waals surface area contributed by atoms with Crippen LogP contribution in [0.15, 0.2) is 0 Å². The van der Waals surface area contributed by atoms with Gasteiger partial charge in [0.2, 0.25) is 0 Å². The van der Waals surface area contributed by atoms with Crippen molar-refractivity contribution in [3.63, 3.8) is 0 Å². The summed E-state index contributed by atoms with van der Waals surface area (Å²) in [5, 5.41) is 16.1. The molecular weight excluding hydrogens is 508 g/mol. The molecule has 0 radical (unpaired) electrons. The molecule has 4 atom stereocenters. The van der Waals surface area contributed by atoms with Crippen molar-refractivity contribution in [2.24, 2.45) is 0 Å². The van der Waals surface area contributed by atoms with E-state index in [0.717, 1.165) is 0 Å². The van der Waals surface area contributed by atoms with Gasteiger partial charge >= 0.3 is 15.6 Å². The molecule has 2 N–H and O–H groups in total. The van der Waals surface area contributed by atoms with Crippen molar-refractivity contribution in [3.05, 3.63) is 0 Å². The molecule has 0 saturated heterocycles. The summed E-state index contributed by atoms with van der Waals surface area (Å²) in [6, 6.07) is 0. The molecule has 10 nitrogen and oxygen atoms in total. The number of hydrogen-bond acceptors (Lipinski definition) is 10. The van der Waals surface area contributed by atoms with Crippen LogP contribution in [0.3, 0.4) is 0 Å². The van der Waals surface area contributed by atoms with Crippen LogP contribution in [0.2, 0.25) is 0 Å². The Bertz CT molecular complexity index is 447. The zero-order valence-electron chi connectivity index (χ0n) is 14.8. The summed E-state index contributed by atoms with van der Waals surface area (Å²) >= 11 is 22.3. The Morgan fingerprint density at radius 3 is 1.25 bits per heavy atom. The van der Waals surface area contributed by atoms with Crippen LogP contribution >= 0.6 is 62.0 Å². The van der Waals surface area contributed by atoms with E-state index in [2.05, 4.69) is 0 Å². The van der Waals surface area contributed by atoms with Gasteiger partial charge in [-0.05, 0) is 0 Å². The van der Waals surface area contributed by atoms with Gasteiger partial charge in [-0.15, -0.1) is 46.4 Å². The fraction of sp³-hybridized carbons (Fsp3) is 1.00. The lowest BCUT2D eigenvalue weighted by Crippen LogP contribution is -2.16. The molecule has 4 unspecified atom stereocenters. The number of phosphoric ester groups is 2. The standard InChI is InChI=1S/C12H24Cl4O10P2/c13-1-3-21-27(19,25-9-11(15)7-17)23-5-6-24-28(20,22-4-2-14)26-10-12(16)8-18/h11-12,17-18H,1-10H2. The molecule has 0 aromatic heterocycles. The second kappa shape index (κ2) is 16.9. The van der Waals surface area contributed by atoms with Crippen molar-refractivity contribution < 1.29 is 46.5 Å². The molecule has 0 heterocycles. The van der Waals surface area contributed by atoms with E-state index in [9.17, 15) is 9.13 Å². The van der Waals surface area contributed by atoms with E-state index in [1.54, 1.807) is 0 Å². The molecule has 0 aliphatic heterocycles. The average Bonchev–Trinajstić information content (AvgIpc) is 2.70. The van der Waals surface area contributed by atoms with Crippen molar-refractivity contribution in [1.82, 2.24) is 0 Å². The highest BCUT2D eigenvalue weighted by Gasteiger charge is 2.30. The minimum atomic E-state index is -4.05. The maximum absolute atomic E-state index is 12.4. The monoisotopic (exact) mass is 530 g/mol. The third-order valence-corrected chi connectivity index (χ3v) is 6.22. The Balaban J connectivity index is 4.62. The van der Waals surface area contributed by atoms with E-state index in [4.69, 9.17) is 83.8 Å². The van der Waals surface area contributed by atoms with Crippen LogP contribution in [0.25, 0.3) is 0 Å². The number of rotatable bonds is 19. The van der Waals surface area contributed by atoms with Crippen LogP contribution in [0.4, 0.5) is 0 Å². The van der Waals surface area contributed by atoms with Crippen molar-refractivity contribution in [2.75, 3.05) is 64.6 Å². The van der Waals surface area contributed by atoms with Crippen LogP contribution in [0.1, 0.15) is 0 Å². The number of hydrogen-bond donors (Lipinski definition) is 2. The SMILES string of the molecule is O=P(OCCCl)(OCCOP(=O)(OCCCl)OCC(Cl)CO)OCC(Cl)CO. The minimum Gasteiger partial charge on any atom is -0.395 e. The van der Waals surface area contributed by atoms with E-state index in [-0.39, 0.29) is 51.4 Å². The number of halogens is 4. The Morgan fingerprint density at radius 2 is 0.964 bits per heavy atom. The first-order valence-electron chi connectivity index (χ1n) is 7.93. The van der Waals surface area contributed by atoms with Gasteiger partial charge in [-0.2, -0.15) is 0 Å². The first-order chi connectivity index (χ1) is 13.2. The Kier molecular flexibility index (Phi) is 17.7. The number of alkyl halides is 4. The highest BCUT2D eigenvalue weighted by molar-refractivity contribution is 7.48. The summed E-state index contributed by atoms with van der Waals surface area (Å²) in [6.07, 6.45) is 0. The van der Waals surface area contributed by atoms with Crippen LogP contribution < -0.4 is 0 Å². The molecule has 170 valence electrons. The van der Waals surface area contributed by atoms with Gasteiger partial charge in [0.1, 0.15) is 0 Å². The lowest BCUT2D eigenvalue weighted by Gasteiger charge is -2.20. The second-order valence-corrected chi connectivity index (χ2v) is 10.1. The summed E-state index contributed by atoms with van der Waals surface area (Å²) in [5.74, 6) is 0.0501. The predicted molar refractivity (Wildman–Crippen MR) is 106 cm³/mol. The smallest absolute Gasteiger partial charge is 0.395 e. The summed E-state index contributed by atoms with van der Waals surface area (Å²) in [4.78, 5) is 0. The van der Waals surface area contributed by atoms with Gasteiger partial charge in [0.15, 0.2) is 0 Å². The van der Waals surface area contributed by atoms with Gasteiger partial charge in [0.05, 0.1) is 63.6 Å². The normalized spacial score (nSPS) is 18.4. The quantitative estimate of drug-likeness (QED) is 0.146. The van der Waals surface area contributed by atoms with Crippen LogP contribution in [0.5, 0.6) is 0 Å². The summed E-state index contributed by atoms with van der Waals surface area (Å²) in [7, 11) is -8.10. The average molecular weight is 532 g/mol. The highest BCUT2D eigenvalue weighted by Crippen LogP contribution is 2.51. The van der Waals surface area contributed by atoms with Gasteiger partial charge in [-0.3, -0.25) is 27.1 Å². The van der Waals surface area contributed by atoms with Gasteiger partial charge in [0, 0.05) is 11.8 Å². The van der Waals surface area contributed by atoms with Crippen molar-refractivity contribution in [2.45, 2.75) is 10.8 Å². The third-order valence-electron chi connectivity index (χ3n) is 2.46. The zero-order valence-corrected chi connectivity index (χ0v) is 19.6. The van der Waals surface area contributed by atoms with Crippen LogP contribution in [-0.4, -0.2) is 85.6 Å². The van der Waals surface area contributed by atoms with Crippen LogP contribution in [0, 0.1) is 0 Å². The molecule has 0 aromatic rings. The molecule has 0 fully saturated rings. The van der Waals surface area contributed by atoms with E-state index < -0.39 is 39.6 Å². The lowest BCUT2D eigenvalue weighted by atomic mass is 10.5.